The van der Waals surface area contributed by atoms with Crippen LogP contribution in [0.15, 0.2) is 23.6 Å². The lowest BCUT2D eigenvalue weighted by Crippen LogP contribution is -2.48. The fraction of sp³-hybridized carbons (Fsp3) is 0.412. The molecule has 0 radical (unpaired) electrons. The molecule has 1 aromatic carbocycles. The summed E-state index contributed by atoms with van der Waals surface area (Å²) in [4.78, 5) is 16.7. The van der Waals surface area contributed by atoms with Crippen LogP contribution < -0.4 is 20.5 Å². The summed E-state index contributed by atoms with van der Waals surface area (Å²) >= 11 is 1.36. The first-order valence-corrected chi connectivity index (χ1v) is 8.57. The van der Waals surface area contributed by atoms with E-state index in [1.54, 1.807) is 21.1 Å². The van der Waals surface area contributed by atoms with E-state index in [1.165, 1.54) is 11.3 Å². The zero-order valence-electron chi connectivity index (χ0n) is 14.8. The molecule has 1 unspecified atom stereocenters. The van der Waals surface area contributed by atoms with Gasteiger partial charge >= 0.3 is 0 Å². The molecule has 3 N–H and O–H groups in total. The van der Waals surface area contributed by atoms with Crippen LogP contribution in [0.1, 0.15) is 26.7 Å². The number of rotatable bonds is 7. The van der Waals surface area contributed by atoms with Crippen molar-refractivity contribution in [3.8, 4) is 22.8 Å². The molecule has 0 aliphatic rings. The molecule has 1 heterocycles. The van der Waals surface area contributed by atoms with Crippen molar-refractivity contribution in [1.82, 2.24) is 4.98 Å². The van der Waals surface area contributed by atoms with Gasteiger partial charge in [0.15, 0.2) is 16.6 Å². The second-order valence-electron chi connectivity index (χ2n) is 5.73. The van der Waals surface area contributed by atoms with Crippen LogP contribution in [0.3, 0.4) is 0 Å². The van der Waals surface area contributed by atoms with E-state index in [0.717, 1.165) is 17.7 Å². The number of thiazole rings is 1. The van der Waals surface area contributed by atoms with Gasteiger partial charge in [0.2, 0.25) is 5.91 Å². The molecule has 1 amide bonds. The van der Waals surface area contributed by atoms with E-state index in [2.05, 4.69) is 10.3 Å². The second kappa shape index (κ2) is 9.03. The lowest BCUT2D eigenvalue weighted by molar-refractivity contribution is -0.120. The van der Waals surface area contributed by atoms with Crippen molar-refractivity contribution >= 4 is 34.8 Å². The van der Waals surface area contributed by atoms with Crippen molar-refractivity contribution in [1.29, 1.82) is 0 Å². The smallest absolute Gasteiger partial charge is 0.245 e. The van der Waals surface area contributed by atoms with Crippen molar-refractivity contribution in [3.05, 3.63) is 23.6 Å². The lowest BCUT2D eigenvalue weighted by Gasteiger charge is -2.21. The number of halogens is 1. The highest BCUT2D eigenvalue weighted by Gasteiger charge is 2.27. The number of carbonyl (C=O) groups excluding carboxylic acids is 1. The summed E-state index contributed by atoms with van der Waals surface area (Å²) in [5.74, 6) is 1.06. The summed E-state index contributed by atoms with van der Waals surface area (Å²) in [6.07, 6.45) is 1.46. The van der Waals surface area contributed by atoms with Crippen LogP contribution in [0.5, 0.6) is 11.5 Å². The standard InChI is InChI=1S/C17H23N3O3S.ClH/c1-5-8-17(2,18)15(21)20-16-19-12(10-24-16)11-6-7-13(22-3)14(9-11)23-4;/h6-7,9-10H,5,8,18H2,1-4H3,(H,19,20,21);1H. The highest BCUT2D eigenvalue weighted by molar-refractivity contribution is 7.14. The molecule has 2 aromatic rings. The molecule has 138 valence electrons. The van der Waals surface area contributed by atoms with Crippen LogP contribution in [0.25, 0.3) is 11.3 Å². The van der Waals surface area contributed by atoms with E-state index in [4.69, 9.17) is 15.2 Å². The number of hydrogen-bond donors (Lipinski definition) is 2. The van der Waals surface area contributed by atoms with Gasteiger partial charge in [-0.2, -0.15) is 0 Å². The molecule has 1 atom stereocenters. The van der Waals surface area contributed by atoms with E-state index in [0.29, 0.717) is 23.1 Å². The molecule has 2 rings (SSSR count). The van der Waals surface area contributed by atoms with Gasteiger partial charge in [0, 0.05) is 10.9 Å². The van der Waals surface area contributed by atoms with E-state index >= 15 is 0 Å². The highest BCUT2D eigenvalue weighted by Crippen LogP contribution is 2.33. The van der Waals surface area contributed by atoms with E-state index in [-0.39, 0.29) is 18.3 Å². The third-order valence-electron chi connectivity index (χ3n) is 3.69. The molecule has 1 aromatic heterocycles. The van der Waals surface area contributed by atoms with Gasteiger partial charge in [0.1, 0.15) is 0 Å². The van der Waals surface area contributed by atoms with Crippen LogP contribution in [0, 0.1) is 0 Å². The predicted molar refractivity (Wildman–Crippen MR) is 104 cm³/mol. The van der Waals surface area contributed by atoms with Crippen LogP contribution in [0.2, 0.25) is 0 Å². The second-order valence-corrected chi connectivity index (χ2v) is 6.59. The number of ether oxygens (including phenoxy) is 2. The number of anilines is 1. The maximum atomic E-state index is 12.2. The van der Waals surface area contributed by atoms with Gasteiger partial charge in [0.25, 0.3) is 0 Å². The summed E-state index contributed by atoms with van der Waals surface area (Å²) in [7, 11) is 3.18. The first-order valence-electron chi connectivity index (χ1n) is 7.69. The van der Waals surface area contributed by atoms with Crippen LogP contribution >= 0.6 is 23.7 Å². The Morgan fingerprint density at radius 2 is 2.00 bits per heavy atom. The van der Waals surface area contributed by atoms with E-state index < -0.39 is 5.54 Å². The molecule has 0 aliphatic carbocycles. The Bertz CT molecular complexity index is 719. The minimum Gasteiger partial charge on any atom is -0.493 e. The molecule has 0 bridgehead atoms. The largest absolute Gasteiger partial charge is 0.493 e. The summed E-state index contributed by atoms with van der Waals surface area (Å²) in [6.45, 7) is 3.73. The minimum absolute atomic E-state index is 0. The molecule has 0 aliphatic heterocycles. The van der Waals surface area contributed by atoms with Gasteiger partial charge in [-0.1, -0.05) is 13.3 Å². The molecule has 0 saturated carbocycles. The van der Waals surface area contributed by atoms with Crippen molar-refractivity contribution in [2.24, 2.45) is 5.73 Å². The summed E-state index contributed by atoms with van der Waals surface area (Å²) < 4.78 is 10.5. The minimum atomic E-state index is -0.899. The summed E-state index contributed by atoms with van der Waals surface area (Å²) in [5, 5.41) is 5.20. The molecular weight excluding hydrogens is 362 g/mol. The van der Waals surface area contributed by atoms with Gasteiger partial charge in [-0.05, 0) is 31.5 Å². The van der Waals surface area contributed by atoms with Crippen molar-refractivity contribution < 1.29 is 14.3 Å². The van der Waals surface area contributed by atoms with Gasteiger partial charge in [-0.15, -0.1) is 23.7 Å². The third kappa shape index (κ3) is 5.07. The number of benzene rings is 1. The third-order valence-corrected chi connectivity index (χ3v) is 4.45. The van der Waals surface area contributed by atoms with Gasteiger partial charge < -0.3 is 20.5 Å². The number of amides is 1. The molecular formula is C17H24ClN3O3S. The maximum absolute atomic E-state index is 12.2. The summed E-state index contributed by atoms with van der Waals surface area (Å²) in [6, 6.07) is 5.57. The molecule has 6 nitrogen and oxygen atoms in total. The molecule has 25 heavy (non-hydrogen) atoms. The van der Waals surface area contributed by atoms with E-state index in [9.17, 15) is 4.79 Å². The van der Waals surface area contributed by atoms with Crippen molar-refractivity contribution in [2.75, 3.05) is 19.5 Å². The maximum Gasteiger partial charge on any atom is 0.245 e. The monoisotopic (exact) mass is 385 g/mol. The Hall–Kier alpha value is -1.83. The zero-order valence-corrected chi connectivity index (χ0v) is 16.4. The SMILES string of the molecule is CCCC(C)(N)C(=O)Nc1nc(-c2ccc(OC)c(OC)c2)cs1.Cl. The van der Waals surface area contributed by atoms with E-state index in [1.807, 2.05) is 30.5 Å². The molecule has 0 fully saturated rings. The number of hydrogen-bond acceptors (Lipinski definition) is 6. The van der Waals surface area contributed by atoms with Gasteiger partial charge in [-0.25, -0.2) is 4.98 Å². The van der Waals surface area contributed by atoms with Crippen molar-refractivity contribution in [2.45, 2.75) is 32.2 Å². The number of carbonyl (C=O) groups is 1. The highest BCUT2D eigenvalue weighted by atomic mass is 35.5. The molecule has 0 spiro atoms. The topological polar surface area (TPSA) is 86.5 Å². The number of nitrogens with one attached hydrogen (secondary N) is 1. The summed E-state index contributed by atoms with van der Waals surface area (Å²) in [5.41, 5.74) is 6.78. The lowest BCUT2D eigenvalue weighted by atomic mass is 9.97. The Kier molecular flexibility index (Phi) is 7.66. The molecule has 8 heteroatoms. The van der Waals surface area contributed by atoms with Crippen LogP contribution in [-0.4, -0.2) is 30.6 Å². The van der Waals surface area contributed by atoms with Crippen LogP contribution in [-0.2, 0) is 4.79 Å². The Balaban J connectivity index is 0.00000312. The normalized spacial score (nSPS) is 12.7. The van der Waals surface area contributed by atoms with Gasteiger partial charge in [0.05, 0.1) is 25.5 Å². The predicted octanol–water partition coefficient (Wildman–Crippen LogP) is 3.71. The Labute approximate surface area is 158 Å². The number of nitrogens with two attached hydrogens (primary N) is 1. The van der Waals surface area contributed by atoms with Gasteiger partial charge in [-0.3, -0.25) is 4.79 Å². The molecule has 0 saturated heterocycles. The quantitative estimate of drug-likeness (QED) is 0.758. The average molecular weight is 386 g/mol. The number of aromatic nitrogens is 1. The zero-order chi connectivity index (χ0) is 17.7. The fourth-order valence-electron chi connectivity index (χ4n) is 2.33. The van der Waals surface area contributed by atoms with Crippen molar-refractivity contribution in [3.63, 3.8) is 0 Å². The Morgan fingerprint density at radius 1 is 1.32 bits per heavy atom. The average Bonchev–Trinajstić information content (AvgIpc) is 3.02. The fourth-order valence-corrected chi connectivity index (χ4v) is 3.05. The number of methoxy groups -OCH3 is 2. The first kappa shape index (κ1) is 21.2. The first-order chi connectivity index (χ1) is 11.4. The Morgan fingerprint density at radius 3 is 2.60 bits per heavy atom. The van der Waals surface area contributed by atoms with Crippen LogP contribution in [0.4, 0.5) is 5.13 Å². The number of nitrogens with zero attached hydrogens (tertiary/aromatic N) is 1.